The lowest BCUT2D eigenvalue weighted by molar-refractivity contribution is 0.0998. The molecule has 0 saturated carbocycles. The minimum Gasteiger partial charge on any atom is -0.322 e. The van der Waals surface area contributed by atoms with Crippen molar-refractivity contribution in [2.45, 2.75) is 5.33 Å². The van der Waals surface area contributed by atoms with E-state index >= 15 is 0 Å². The van der Waals surface area contributed by atoms with Gasteiger partial charge >= 0.3 is 0 Å². The molecule has 4 heteroatoms. The normalized spacial score (nSPS) is 11.8. The molecule has 3 aromatic carbocycles. The molecule has 0 fully saturated rings. The van der Waals surface area contributed by atoms with Crippen molar-refractivity contribution in [3.05, 3.63) is 89.0 Å². The molecule has 122 valence electrons. The summed E-state index contributed by atoms with van der Waals surface area (Å²) in [6.07, 6.45) is 0. The Kier molecular flexibility index (Phi) is 3.98. The van der Waals surface area contributed by atoms with E-state index in [-0.39, 0.29) is 11.7 Å². The van der Waals surface area contributed by atoms with Crippen LogP contribution in [0.25, 0.3) is 11.1 Å². The third-order valence-electron chi connectivity index (χ3n) is 4.41. The number of nitrogens with one attached hydrogen (secondary N) is 1. The third-order valence-corrected chi connectivity index (χ3v) is 5.01. The average molecular weight is 392 g/mol. The van der Waals surface area contributed by atoms with Gasteiger partial charge in [0, 0.05) is 22.1 Å². The maximum atomic E-state index is 12.9. The van der Waals surface area contributed by atoms with Gasteiger partial charge in [-0.05, 0) is 28.8 Å². The van der Waals surface area contributed by atoms with Gasteiger partial charge in [-0.1, -0.05) is 70.5 Å². The molecule has 0 aliphatic heterocycles. The molecule has 1 amide bonds. The lowest BCUT2D eigenvalue weighted by Gasteiger charge is -2.11. The summed E-state index contributed by atoms with van der Waals surface area (Å²) in [5, 5.41) is 3.57. The van der Waals surface area contributed by atoms with Gasteiger partial charge in [0.05, 0.1) is 5.56 Å². The zero-order valence-corrected chi connectivity index (χ0v) is 14.8. The molecular weight excluding hydrogens is 378 g/mol. The molecule has 0 saturated heterocycles. The summed E-state index contributed by atoms with van der Waals surface area (Å²) in [7, 11) is 0. The van der Waals surface area contributed by atoms with E-state index in [9.17, 15) is 9.59 Å². The van der Waals surface area contributed by atoms with E-state index in [1.165, 1.54) is 0 Å². The van der Waals surface area contributed by atoms with Crippen LogP contribution in [0.5, 0.6) is 0 Å². The third kappa shape index (κ3) is 2.59. The topological polar surface area (TPSA) is 46.2 Å². The number of halogens is 1. The molecule has 0 atom stereocenters. The number of carbonyl (C=O) groups excluding carboxylic acids is 2. The monoisotopic (exact) mass is 391 g/mol. The average Bonchev–Trinajstić information content (AvgIpc) is 2.95. The molecule has 0 unspecified atom stereocenters. The fraction of sp³-hybridized carbons (Fsp3) is 0.0476. The molecule has 25 heavy (non-hydrogen) atoms. The van der Waals surface area contributed by atoms with Crippen molar-refractivity contribution in [1.82, 2.24) is 0 Å². The Labute approximate surface area is 153 Å². The Morgan fingerprint density at radius 2 is 1.52 bits per heavy atom. The molecule has 0 spiro atoms. The molecule has 0 bridgehead atoms. The second-order valence-corrected chi connectivity index (χ2v) is 6.41. The number of alkyl halides is 1. The molecule has 1 aliphatic rings. The molecule has 0 aromatic heterocycles. The molecule has 1 aliphatic carbocycles. The van der Waals surface area contributed by atoms with Crippen LogP contribution in [0.4, 0.5) is 5.69 Å². The second-order valence-electron chi connectivity index (χ2n) is 5.85. The van der Waals surface area contributed by atoms with Crippen LogP contribution in [-0.2, 0) is 5.33 Å². The van der Waals surface area contributed by atoms with Crippen LogP contribution < -0.4 is 5.32 Å². The number of para-hydroxylation sites is 1. The lowest BCUT2D eigenvalue weighted by atomic mass is 10.00. The maximum absolute atomic E-state index is 12.9. The van der Waals surface area contributed by atoms with Crippen molar-refractivity contribution >= 4 is 33.3 Å². The Bertz CT molecular complexity index is 1010. The fourth-order valence-corrected chi connectivity index (χ4v) is 3.70. The fourth-order valence-electron chi connectivity index (χ4n) is 3.21. The van der Waals surface area contributed by atoms with Gasteiger partial charge < -0.3 is 5.32 Å². The molecule has 0 radical (unpaired) electrons. The van der Waals surface area contributed by atoms with Crippen molar-refractivity contribution in [1.29, 1.82) is 0 Å². The summed E-state index contributed by atoms with van der Waals surface area (Å²) >= 11 is 3.43. The summed E-state index contributed by atoms with van der Waals surface area (Å²) in [5.74, 6) is -0.364. The number of anilines is 1. The summed E-state index contributed by atoms with van der Waals surface area (Å²) in [6.45, 7) is 0. The van der Waals surface area contributed by atoms with E-state index in [1.54, 1.807) is 12.1 Å². The molecule has 1 N–H and O–H groups in total. The zero-order chi connectivity index (χ0) is 17.4. The number of fused-ring (bicyclic) bond motifs is 3. The number of hydrogen-bond acceptors (Lipinski definition) is 2. The van der Waals surface area contributed by atoms with E-state index in [4.69, 9.17) is 0 Å². The van der Waals surface area contributed by atoms with E-state index in [0.29, 0.717) is 22.0 Å². The SMILES string of the molecule is O=C(Nc1ccccc1CBr)c1cccc2c1C(=O)c1ccccc1-2. The van der Waals surface area contributed by atoms with Crippen LogP contribution in [0.15, 0.2) is 66.7 Å². The quantitative estimate of drug-likeness (QED) is 0.497. The van der Waals surface area contributed by atoms with Crippen LogP contribution in [0, 0.1) is 0 Å². The van der Waals surface area contributed by atoms with Crippen molar-refractivity contribution in [2.24, 2.45) is 0 Å². The molecule has 3 aromatic rings. The predicted molar refractivity (Wildman–Crippen MR) is 102 cm³/mol. The van der Waals surface area contributed by atoms with Crippen LogP contribution in [0.1, 0.15) is 31.8 Å². The van der Waals surface area contributed by atoms with Gasteiger partial charge in [0.15, 0.2) is 5.78 Å². The van der Waals surface area contributed by atoms with Gasteiger partial charge in [0.25, 0.3) is 5.91 Å². The highest BCUT2D eigenvalue weighted by molar-refractivity contribution is 9.08. The van der Waals surface area contributed by atoms with Crippen molar-refractivity contribution in [3.8, 4) is 11.1 Å². The van der Waals surface area contributed by atoms with E-state index < -0.39 is 0 Å². The van der Waals surface area contributed by atoms with Crippen LogP contribution in [0.2, 0.25) is 0 Å². The summed E-state index contributed by atoms with van der Waals surface area (Å²) in [5.41, 5.74) is 4.97. The van der Waals surface area contributed by atoms with Gasteiger partial charge in [-0.3, -0.25) is 9.59 Å². The van der Waals surface area contributed by atoms with E-state index in [2.05, 4.69) is 21.2 Å². The number of carbonyl (C=O) groups is 2. The van der Waals surface area contributed by atoms with E-state index in [1.807, 2.05) is 54.6 Å². The number of rotatable bonds is 3. The Hall–Kier alpha value is -2.72. The van der Waals surface area contributed by atoms with Crippen LogP contribution >= 0.6 is 15.9 Å². The highest BCUT2D eigenvalue weighted by Crippen LogP contribution is 2.38. The van der Waals surface area contributed by atoms with Gasteiger partial charge in [0.2, 0.25) is 0 Å². The first-order chi connectivity index (χ1) is 12.2. The van der Waals surface area contributed by atoms with Crippen molar-refractivity contribution in [3.63, 3.8) is 0 Å². The Morgan fingerprint density at radius 1 is 0.840 bits per heavy atom. The van der Waals surface area contributed by atoms with Gasteiger partial charge in [0.1, 0.15) is 0 Å². The number of ketones is 1. The van der Waals surface area contributed by atoms with Gasteiger partial charge in [-0.25, -0.2) is 0 Å². The van der Waals surface area contributed by atoms with Gasteiger partial charge in [-0.15, -0.1) is 0 Å². The predicted octanol–water partition coefficient (Wildman–Crippen LogP) is 5.05. The second kappa shape index (κ2) is 6.30. The number of benzene rings is 3. The molecular formula is C21H14BrNO2. The van der Waals surface area contributed by atoms with Crippen molar-refractivity contribution < 1.29 is 9.59 Å². The maximum Gasteiger partial charge on any atom is 0.256 e. The summed E-state index contributed by atoms with van der Waals surface area (Å²) < 4.78 is 0. The lowest BCUT2D eigenvalue weighted by Crippen LogP contribution is -2.16. The van der Waals surface area contributed by atoms with Crippen molar-refractivity contribution in [2.75, 3.05) is 5.32 Å². The smallest absolute Gasteiger partial charge is 0.256 e. The minimum absolute atomic E-state index is 0.0925. The summed E-state index contributed by atoms with van der Waals surface area (Å²) in [6, 6.07) is 20.5. The first-order valence-electron chi connectivity index (χ1n) is 7.93. The minimum atomic E-state index is -0.272. The van der Waals surface area contributed by atoms with Crippen LogP contribution in [-0.4, -0.2) is 11.7 Å². The Balaban J connectivity index is 1.76. The molecule has 3 nitrogen and oxygen atoms in total. The van der Waals surface area contributed by atoms with E-state index in [0.717, 1.165) is 22.4 Å². The van der Waals surface area contributed by atoms with Crippen LogP contribution in [0.3, 0.4) is 0 Å². The number of amides is 1. The largest absolute Gasteiger partial charge is 0.322 e. The zero-order valence-electron chi connectivity index (χ0n) is 13.3. The first-order valence-corrected chi connectivity index (χ1v) is 9.05. The Morgan fingerprint density at radius 3 is 2.32 bits per heavy atom. The van der Waals surface area contributed by atoms with Gasteiger partial charge in [-0.2, -0.15) is 0 Å². The summed E-state index contributed by atoms with van der Waals surface area (Å²) in [4.78, 5) is 25.7. The standard InChI is InChI=1S/C21H14BrNO2/c22-12-13-6-1-4-11-18(13)23-21(25)17-10-5-9-15-14-7-2-3-8-16(14)20(24)19(15)17/h1-11H,12H2,(H,23,25). The first kappa shape index (κ1) is 15.8. The highest BCUT2D eigenvalue weighted by atomic mass is 79.9. The molecule has 0 heterocycles. The number of hydrogen-bond donors (Lipinski definition) is 1. The highest BCUT2D eigenvalue weighted by Gasteiger charge is 2.30. The molecule has 4 rings (SSSR count).